The molecule has 0 saturated carbocycles. The Labute approximate surface area is 42.7 Å². The fraction of sp³-hybridized carbons (Fsp3) is 0.200. The number of nitrogens with zero attached hydrogens (tertiary/aromatic N) is 1. The molecule has 2 nitrogen and oxygen atoms in total. The van der Waals surface area contributed by atoms with E-state index >= 15 is 0 Å². The zero-order chi connectivity index (χ0) is 5.86. The zero-order valence-corrected chi connectivity index (χ0v) is 4.10. The maximum Gasteiger partial charge on any atom is 0.103 e. The van der Waals surface area contributed by atoms with Gasteiger partial charge in [-0.1, -0.05) is 0 Å². The van der Waals surface area contributed by atoms with E-state index in [1.165, 1.54) is 6.92 Å². The van der Waals surface area contributed by atoms with Crippen LogP contribution in [0.1, 0.15) is 6.92 Å². The molecule has 0 aliphatic rings. The van der Waals surface area contributed by atoms with Gasteiger partial charge in [-0.3, -0.25) is 0 Å². The van der Waals surface area contributed by atoms with Crippen molar-refractivity contribution in [1.29, 1.82) is 5.26 Å². The molecule has 0 bridgehead atoms. The van der Waals surface area contributed by atoms with Gasteiger partial charge in [-0.05, 0) is 13.8 Å². The summed E-state index contributed by atoms with van der Waals surface area (Å²) in [6.07, 6.45) is 0. The topological polar surface area (TPSA) is 44.0 Å². The summed E-state index contributed by atoms with van der Waals surface area (Å²) in [7, 11) is 0. The summed E-state index contributed by atoms with van der Waals surface area (Å²) in [5, 5.41) is 16.4. The maximum absolute atomic E-state index is 8.42. The van der Waals surface area contributed by atoms with Gasteiger partial charge in [-0.25, -0.2) is 0 Å². The van der Waals surface area contributed by atoms with Crippen LogP contribution < -0.4 is 0 Å². The molecule has 0 atom stereocenters. The molecule has 0 aromatic rings. The van der Waals surface area contributed by atoms with Gasteiger partial charge in [0.15, 0.2) is 0 Å². The van der Waals surface area contributed by atoms with Crippen molar-refractivity contribution in [2.24, 2.45) is 0 Å². The minimum Gasteiger partial charge on any atom is -0.512 e. The van der Waals surface area contributed by atoms with E-state index in [4.69, 9.17) is 10.4 Å². The Bertz CT molecular complexity index is 126. The zero-order valence-electron chi connectivity index (χ0n) is 4.10. The van der Waals surface area contributed by atoms with E-state index in [0.717, 1.165) is 0 Å². The van der Waals surface area contributed by atoms with E-state index in [1.807, 2.05) is 0 Å². The Hall–Kier alpha value is -0.970. The number of hydrogen-bond acceptors (Lipinski definition) is 2. The van der Waals surface area contributed by atoms with Gasteiger partial charge in [0.1, 0.15) is 5.76 Å². The predicted molar refractivity (Wildman–Crippen MR) is 26.3 cm³/mol. The van der Waals surface area contributed by atoms with Gasteiger partial charge in [-0.2, -0.15) is 5.26 Å². The molecule has 1 radical (unpaired) electrons. The number of rotatable bonds is 0. The Kier molecular flexibility index (Phi) is 1.94. The van der Waals surface area contributed by atoms with Crippen LogP contribution in [0.25, 0.3) is 0 Å². The van der Waals surface area contributed by atoms with Crippen LogP contribution in [-0.4, -0.2) is 5.11 Å². The first-order valence-corrected chi connectivity index (χ1v) is 1.80. The van der Waals surface area contributed by atoms with Crippen molar-refractivity contribution in [3.63, 3.8) is 0 Å². The molecule has 37 valence electrons. The van der Waals surface area contributed by atoms with Crippen molar-refractivity contribution in [3.05, 3.63) is 18.3 Å². The van der Waals surface area contributed by atoms with Crippen LogP contribution in [-0.2, 0) is 0 Å². The van der Waals surface area contributed by atoms with Crippen LogP contribution in [0.3, 0.4) is 0 Å². The molecule has 0 unspecified atom stereocenters. The average molecular weight is 96.1 g/mol. The van der Waals surface area contributed by atoms with Crippen molar-refractivity contribution in [1.82, 2.24) is 0 Å². The van der Waals surface area contributed by atoms with Crippen molar-refractivity contribution in [3.8, 4) is 6.07 Å². The fourth-order valence-corrected chi connectivity index (χ4v) is 0.0809. The van der Waals surface area contributed by atoms with E-state index in [9.17, 15) is 0 Å². The molecule has 0 aromatic heterocycles. The van der Waals surface area contributed by atoms with Gasteiger partial charge in [0.2, 0.25) is 0 Å². The predicted octanol–water partition coefficient (Wildman–Crippen LogP) is 1.18. The van der Waals surface area contributed by atoms with Crippen LogP contribution in [0, 0.1) is 18.3 Å². The Balaban J connectivity index is 4.07. The third-order valence-corrected chi connectivity index (χ3v) is 0.572. The van der Waals surface area contributed by atoms with Gasteiger partial charge in [0, 0.05) is 0 Å². The summed E-state index contributed by atoms with van der Waals surface area (Å²) in [5.41, 5.74) is 0.125. The fourth-order valence-electron chi connectivity index (χ4n) is 0.0809. The number of nitriles is 1. The summed E-state index contributed by atoms with van der Waals surface area (Å²) in [6.45, 7) is 4.65. The minimum absolute atomic E-state index is 0.0116. The highest BCUT2D eigenvalue weighted by molar-refractivity contribution is 5.25. The SMILES string of the molecule is [CH2]/C(C#N)=C(/C)O. The molecule has 2 heteroatoms. The number of aliphatic hydroxyl groups excluding tert-OH is 1. The first kappa shape index (κ1) is 6.03. The lowest BCUT2D eigenvalue weighted by Gasteiger charge is -1.84. The molecule has 0 rings (SSSR count). The lowest BCUT2D eigenvalue weighted by atomic mass is 10.3. The highest BCUT2D eigenvalue weighted by atomic mass is 16.3. The summed E-state index contributed by atoms with van der Waals surface area (Å²) >= 11 is 0. The van der Waals surface area contributed by atoms with Gasteiger partial charge in [-0.15, -0.1) is 0 Å². The second-order valence-corrected chi connectivity index (χ2v) is 1.18. The lowest BCUT2D eigenvalue weighted by molar-refractivity contribution is 0.411. The van der Waals surface area contributed by atoms with Gasteiger partial charge < -0.3 is 5.11 Å². The Morgan fingerprint density at radius 2 is 2.29 bits per heavy atom. The maximum atomic E-state index is 8.42. The number of hydrogen-bond donors (Lipinski definition) is 1. The van der Waals surface area contributed by atoms with Crippen LogP contribution in [0.15, 0.2) is 11.3 Å². The molecule has 7 heavy (non-hydrogen) atoms. The van der Waals surface area contributed by atoms with Crippen molar-refractivity contribution in [2.75, 3.05) is 0 Å². The van der Waals surface area contributed by atoms with Crippen LogP contribution in [0.2, 0.25) is 0 Å². The monoisotopic (exact) mass is 96.0 g/mol. The van der Waals surface area contributed by atoms with Gasteiger partial charge in [0.25, 0.3) is 0 Å². The van der Waals surface area contributed by atoms with E-state index < -0.39 is 0 Å². The molecular formula is C5H6NO. The standard InChI is InChI=1S/C5H6NO/c1-4(3-6)5(2)7/h7H,1H2,2H3/b5-4+. The van der Waals surface area contributed by atoms with E-state index in [2.05, 4.69) is 6.92 Å². The lowest BCUT2D eigenvalue weighted by Crippen LogP contribution is -1.75. The summed E-state index contributed by atoms with van der Waals surface area (Å²) < 4.78 is 0. The van der Waals surface area contributed by atoms with Crippen LogP contribution in [0.5, 0.6) is 0 Å². The number of allylic oxidation sites excluding steroid dienone is 2. The Morgan fingerprint density at radius 1 is 1.86 bits per heavy atom. The first-order chi connectivity index (χ1) is 3.18. The highest BCUT2D eigenvalue weighted by Crippen LogP contribution is 1.93. The molecule has 0 heterocycles. The second kappa shape index (κ2) is 2.25. The molecule has 0 aliphatic carbocycles. The molecular weight excluding hydrogens is 90.1 g/mol. The van der Waals surface area contributed by atoms with Crippen molar-refractivity contribution < 1.29 is 5.11 Å². The number of aliphatic hydroxyl groups is 1. The second-order valence-electron chi connectivity index (χ2n) is 1.18. The normalized spacial score (nSPS) is 12.1. The quantitative estimate of drug-likeness (QED) is 0.363. The molecule has 0 amide bonds. The van der Waals surface area contributed by atoms with Crippen molar-refractivity contribution >= 4 is 0 Å². The molecule has 0 fully saturated rings. The van der Waals surface area contributed by atoms with Crippen LogP contribution in [0.4, 0.5) is 0 Å². The average Bonchev–Trinajstić information content (AvgIpc) is 1.65. The summed E-state index contributed by atoms with van der Waals surface area (Å²) in [6, 6.07) is 1.68. The van der Waals surface area contributed by atoms with Gasteiger partial charge >= 0.3 is 0 Å². The van der Waals surface area contributed by atoms with Crippen LogP contribution >= 0.6 is 0 Å². The molecule has 1 N–H and O–H groups in total. The first-order valence-electron chi connectivity index (χ1n) is 1.80. The van der Waals surface area contributed by atoms with E-state index in [-0.39, 0.29) is 11.3 Å². The smallest absolute Gasteiger partial charge is 0.103 e. The minimum atomic E-state index is -0.0116. The third-order valence-electron chi connectivity index (χ3n) is 0.572. The van der Waals surface area contributed by atoms with Crippen molar-refractivity contribution in [2.45, 2.75) is 6.92 Å². The molecule has 0 aromatic carbocycles. The largest absolute Gasteiger partial charge is 0.512 e. The molecule has 0 aliphatic heterocycles. The summed E-state index contributed by atoms with van der Waals surface area (Å²) in [5.74, 6) is -0.0116. The Morgan fingerprint density at radius 3 is 2.29 bits per heavy atom. The van der Waals surface area contributed by atoms with E-state index in [0.29, 0.717) is 0 Å². The molecule has 0 saturated heterocycles. The van der Waals surface area contributed by atoms with Gasteiger partial charge in [0.05, 0.1) is 11.6 Å². The van der Waals surface area contributed by atoms with E-state index in [1.54, 1.807) is 6.07 Å². The summed E-state index contributed by atoms with van der Waals surface area (Å²) in [4.78, 5) is 0. The highest BCUT2D eigenvalue weighted by Gasteiger charge is 1.86. The third kappa shape index (κ3) is 1.83. The molecule has 0 spiro atoms.